The van der Waals surface area contributed by atoms with E-state index in [0.29, 0.717) is 31.2 Å². The number of carboxylic acid groups (broad SMARTS) is 1. The Morgan fingerprint density at radius 3 is 2.39 bits per heavy atom. The van der Waals surface area contributed by atoms with E-state index in [9.17, 15) is 14.7 Å². The molecule has 2 fully saturated rings. The van der Waals surface area contributed by atoms with Gasteiger partial charge in [0, 0.05) is 13.0 Å². The van der Waals surface area contributed by atoms with Crippen molar-refractivity contribution in [3.05, 3.63) is 0 Å². The average molecular weight is 253 g/mol. The van der Waals surface area contributed by atoms with Gasteiger partial charge in [0.2, 0.25) is 5.91 Å². The fourth-order valence-corrected chi connectivity index (χ4v) is 3.53. The van der Waals surface area contributed by atoms with Crippen molar-refractivity contribution in [1.82, 2.24) is 4.90 Å². The van der Waals surface area contributed by atoms with Gasteiger partial charge in [-0.15, -0.1) is 0 Å². The second-order valence-corrected chi connectivity index (χ2v) is 5.65. The molecule has 1 amide bonds. The van der Waals surface area contributed by atoms with Crippen molar-refractivity contribution in [2.75, 3.05) is 6.54 Å². The van der Waals surface area contributed by atoms with Gasteiger partial charge in [0.15, 0.2) is 0 Å². The molecule has 1 aliphatic carbocycles. The molecule has 18 heavy (non-hydrogen) atoms. The predicted octanol–water partition coefficient (Wildman–Crippen LogP) is 2.28. The number of carbonyl (C=O) groups is 2. The summed E-state index contributed by atoms with van der Waals surface area (Å²) in [6.45, 7) is 2.46. The lowest BCUT2D eigenvalue weighted by Crippen LogP contribution is -2.40. The Morgan fingerprint density at radius 1 is 1.17 bits per heavy atom. The van der Waals surface area contributed by atoms with Gasteiger partial charge in [0.1, 0.15) is 6.04 Å². The van der Waals surface area contributed by atoms with E-state index >= 15 is 0 Å². The molecule has 1 saturated carbocycles. The number of hydrogen-bond donors (Lipinski definition) is 1. The Morgan fingerprint density at radius 2 is 1.83 bits per heavy atom. The number of likely N-dealkylation sites (tertiary alicyclic amines) is 1. The quantitative estimate of drug-likeness (QED) is 0.839. The zero-order valence-electron chi connectivity index (χ0n) is 11.1. The van der Waals surface area contributed by atoms with Crippen LogP contribution in [0.1, 0.15) is 51.9 Å². The molecule has 1 N–H and O–H groups in total. The fourth-order valence-electron chi connectivity index (χ4n) is 3.53. The van der Waals surface area contributed by atoms with E-state index in [0.717, 1.165) is 0 Å². The summed E-state index contributed by atoms with van der Waals surface area (Å²) in [4.78, 5) is 24.7. The molecule has 0 spiro atoms. The van der Waals surface area contributed by atoms with Crippen molar-refractivity contribution in [2.45, 2.75) is 57.9 Å². The van der Waals surface area contributed by atoms with Gasteiger partial charge < -0.3 is 10.0 Å². The van der Waals surface area contributed by atoms with Crippen molar-refractivity contribution in [3.63, 3.8) is 0 Å². The maximum absolute atomic E-state index is 11.8. The molecule has 1 heterocycles. The van der Waals surface area contributed by atoms with Crippen LogP contribution in [0.25, 0.3) is 0 Å². The molecule has 2 unspecified atom stereocenters. The molecular formula is C14H23NO3. The highest BCUT2D eigenvalue weighted by Gasteiger charge is 2.41. The summed E-state index contributed by atoms with van der Waals surface area (Å²) < 4.78 is 0. The molecule has 0 aromatic carbocycles. The lowest BCUT2D eigenvalue weighted by atomic mass is 9.79. The minimum Gasteiger partial charge on any atom is -0.480 e. The number of rotatable bonds is 3. The van der Waals surface area contributed by atoms with Crippen LogP contribution in [0.4, 0.5) is 0 Å². The molecule has 2 rings (SSSR count). The normalized spacial score (nSPS) is 29.5. The van der Waals surface area contributed by atoms with Crippen LogP contribution < -0.4 is 0 Å². The van der Waals surface area contributed by atoms with Crippen molar-refractivity contribution in [1.29, 1.82) is 0 Å². The topological polar surface area (TPSA) is 57.6 Å². The average Bonchev–Trinajstić information content (AvgIpc) is 2.84. The Kier molecular flexibility index (Phi) is 4.25. The Labute approximate surface area is 108 Å². The SMILES string of the molecule is CCC(=O)N1CC(C2CCCCC2)CC1C(=O)O. The highest BCUT2D eigenvalue weighted by molar-refractivity contribution is 5.84. The van der Waals surface area contributed by atoms with E-state index in [1.807, 2.05) is 0 Å². The Hall–Kier alpha value is -1.06. The van der Waals surface area contributed by atoms with Gasteiger partial charge in [0.05, 0.1) is 0 Å². The standard InChI is InChI=1S/C14H23NO3/c1-2-13(16)15-9-11(8-12(15)14(17)18)10-6-4-3-5-7-10/h10-12H,2-9H2,1H3,(H,17,18). The van der Waals surface area contributed by atoms with E-state index in [2.05, 4.69) is 0 Å². The summed E-state index contributed by atoms with van der Waals surface area (Å²) in [5, 5.41) is 9.25. The van der Waals surface area contributed by atoms with Gasteiger partial charge in [-0.3, -0.25) is 4.79 Å². The van der Waals surface area contributed by atoms with E-state index in [4.69, 9.17) is 0 Å². The summed E-state index contributed by atoms with van der Waals surface area (Å²) in [5.41, 5.74) is 0. The number of hydrogen-bond acceptors (Lipinski definition) is 2. The summed E-state index contributed by atoms with van der Waals surface area (Å²) >= 11 is 0. The maximum Gasteiger partial charge on any atom is 0.326 e. The number of carbonyl (C=O) groups excluding carboxylic acids is 1. The van der Waals surface area contributed by atoms with Gasteiger partial charge in [-0.25, -0.2) is 4.79 Å². The Balaban J connectivity index is 2.03. The molecule has 4 heteroatoms. The smallest absolute Gasteiger partial charge is 0.326 e. The van der Waals surface area contributed by atoms with Crippen LogP contribution in [0.15, 0.2) is 0 Å². The zero-order valence-corrected chi connectivity index (χ0v) is 11.1. The summed E-state index contributed by atoms with van der Waals surface area (Å²) in [5.74, 6) is 0.188. The summed E-state index contributed by atoms with van der Waals surface area (Å²) in [7, 11) is 0. The second-order valence-electron chi connectivity index (χ2n) is 5.65. The molecule has 1 aliphatic heterocycles. The van der Waals surface area contributed by atoms with Gasteiger partial charge in [-0.05, 0) is 18.3 Å². The lowest BCUT2D eigenvalue weighted by molar-refractivity contribution is -0.148. The minimum absolute atomic E-state index is 0.0132. The third kappa shape index (κ3) is 2.68. The second kappa shape index (κ2) is 5.72. The van der Waals surface area contributed by atoms with Crippen LogP contribution in [0.2, 0.25) is 0 Å². The highest BCUT2D eigenvalue weighted by Crippen LogP contribution is 2.37. The van der Waals surface area contributed by atoms with E-state index in [-0.39, 0.29) is 5.91 Å². The maximum atomic E-state index is 11.8. The summed E-state index contributed by atoms with van der Waals surface area (Å²) in [6.07, 6.45) is 7.33. The van der Waals surface area contributed by atoms with E-state index in [1.54, 1.807) is 11.8 Å². The molecule has 4 nitrogen and oxygen atoms in total. The van der Waals surface area contributed by atoms with Crippen LogP contribution in [0.3, 0.4) is 0 Å². The summed E-state index contributed by atoms with van der Waals surface area (Å²) in [6, 6.07) is -0.579. The number of nitrogens with zero attached hydrogens (tertiary/aromatic N) is 1. The van der Waals surface area contributed by atoms with Crippen molar-refractivity contribution < 1.29 is 14.7 Å². The van der Waals surface area contributed by atoms with Crippen molar-refractivity contribution >= 4 is 11.9 Å². The first kappa shape index (κ1) is 13.4. The van der Waals surface area contributed by atoms with Crippen LogP contribution in [0, 0.1) is 11.8 Å². The first-order chi connectivity index (χ1) is 8.63. The monoisotopic (exact) mass is 253 g/mol. The van der Waals surface area contributed by atoms with Crippen LogP contribution >= 0.6 is 0 Å². The van der Waals surface area contributed by atoms with Gasteiger partial charge in [-0.2, -0.15) is 0 Å². The molecule has 1 saturated heterocycles. The van der Waals surface area contributed by atoms with Crippen molar-refractivity contribution in [3.8, 4) is 0 Å². The first-order valence-corrected chi connectivity index (χ1v) is 7.15. The molecule has 0 aromatic heterocycles. The fraction of sp³-hybridized carbons (Fsp3) is 0.857. The Bertz CT molecular complexity index is 323. The first-order valence-electron chi connectivity index (χ1n) is 7.15. The van der Waals surface area contributed by atoms with Crippen LogP contribution in [-0.4, -0.2) is 34.5 Å². The molecule has 2 aliphatic rings. The minimum atomic E-state index is -0.838. The largest absolute Gasteiger partial charge is 0.480 e. The molecule has 102 valence electrons. The third-order valence-electron chi connectivity index (χ3n) is 4.56. The molecule has 0 bridgehead atoms. The lowest BCUT2D eigenvalue weighted by Gasteiger charge is -2.27. The predicted molar refractivity (Wildman–Crippen MR) is 68.1 cm³/mol. The van der Waals surface area contributed by atoms with Gasteiger partial charge in [0.25, 0.3) is 0 Å². The zero-order chi connectivity index (χ0) is 13.1. The van der Waals surface area contributed by atoms with Gasteiger partial charge >= 0.3 is 5.97 Å². The molecule has 0 aromatic rings. The van der Waals surface area contributed by atoms with Crippen LogP contribution in [-0.2, 0) is 9.59 Å². The molecule has 0 radical (unpaired) electrons. The number of amides is 1. The number of carboxylic acids is 1. The van der Waals surface area contributed by atoms with E-state index < -0.39 is 12.0 Å². The van der Waals surface area contributed by atoms with Crippen LogP contribution in [0.5, 0.6) is 0 Å². The van der Waals surface area contributed by atoms with Crippen molar-refractivity contribution in [2.24, 2.45) is 11.8 Å². The third-order valence-corrected chi connectivity index (χ3v) is 4.56. The van der Waals surface area contributed by atoms with Gasteiger partial charge in [-0.1, -0.05) is 39.0 Å². The van der Waals surface area contributed by atoms with E-state index in [1.165, 1.54) is 32.1 Å². The molecule has 2 atom stereocenters. The highest BCUT2D eigenvalue weighted by atomic mass is 16.4. The number of aliphatic carboxylic acids is 1. The molecular weight excluding hydrogens is 230 g/mol.